The monoisotopic (exact) mass is 226 g/mol. The van der Waals surface area contributed by atoms with E-state index in [-0.39, 0.29) is 5.92 Å². The zero-order valence-corrected chi connectivity index (χ0v) is 9.70. The van der Waals surface area contributed by atoms with E-state index in [1.807, 2.05) is 0 Å². The summed E-state index contributed by atoms with van der Waals surface area (Å²) in [6.45, 7) is 0. The minimum absolute atomic E-state index is 0.242. The Bertz CT molecular complexity index is 292. The Kier molecular flexibility index (Phi) is 2.21. The molecule has 2 atom stereocenters. The molecule has 76 valence electrons. The van der Waals surface area contributed by atoms with Crippen molar-refractivity contribution in [3.8, 4) is 0 Å². The molecule has 0 amide bonds. The molecule has 1 heterocycles. The third kappa shape index (κ3) is 1.28. The first-order chi connectivity index (χ1) is 6.80. The summed E-state index contributed by atoms with van der Waals surface area (Å²) in [7, 11) is 0. The number of carbonyl (C=O) groups is 1. The molecule has 14 heavy (non-hydrogen) atoms. The summed E-state index contributed by atoms with van der Waals surface area (Å²) < 4.78 is 0.381. The van der Waals surface area contributed by atoms with Gasteiger partial charge >= 0.3 is 0 Å². The molecular formula is C11H14OS2. The van der Waals surface area contributed by atoms with Gasteiger partial charge in [-0.05, 0) is 12.8 Å². The second-order valence-electron chi connectivity index (χ2n) is 4.32. The highest BCUT2D eigenvalue weighted by Crippen LogP contribution is 2.57. The first-order valence-electron chi connectivity index (χ1n) is 5.29. The van der Waals surface area contributed by atoms with Crippen LogP contribution in [0.1, 0.15) is 19.3 Å². The number of carbonyl (C=O) groups excluding carboxylic acids is 1. The van der Waals surface area contributed by atoms with Crippen molar-refractivity contribution in [3.63, 3.8) is 0 Å². The van der Waals surface area contributed by atoms with Crippen molar-refractivity contribution < 1.29 is 4.79 Å². The smallest absolute Gasteiger partial charge is 0.139 e. The summed E-state index contributed by atoms with van der Waals surface area (Å²) in [5.74, 6) is 3.93. The Balaban J connectivity index is 1.96. The number of fused-ring (bicyclic) bond motifs is 2. The molecule has 1 saturated heterocycles. The average molecular weight is 226 g/mol. The van der Waals surface area contributed by atoms with Crippen molar-refractivity contribution in [3.05, 3.63) is 12.2 Å². The fraction of sp³-hybridized carbons (Fsp3) is 0.727. The van der Waals surface area contributed by atoms with E-state index in [1.165, 1.54) is 11.5 Å². The number of rotatable bonds is 0. The number of ketones is 1. The van der Waals surface area contributed by atoms with Crippen molar-refractivity contribution in [2.75, 3.05) is 11.5 Å². The quantitative estimate of drug-likeness (QED) is 0.591. The van der Waals surface area contributed by atoms with Gasteiger partial charge in [0.2, 0.25) is 0 Å². The first-order valence-corrected chi connectivity index (χ1v) is 7.26. The highest BCUT2D eigenvalue weighted by atomic mass is 32.2. The molecule has 4 aliphatic rings. The lowest BCUT2D eigenvalue weighted by Crippen LogP contribution is -2.32. The number of Topliss-reactive ketones (excluding diaryl/α,β-unsaturated/α-hetero) is 1. The molecule has 1 aliphatic heterocycles. The Morgan fingerprint density at radius 3 is 2.86 bits per heavy atom. The molecule has 0 aromatic heterocycles. The van der Waals surface area contributed by atoms with Gasteiger partial charge in [0, 0.05) is 29.8 Å². The van der Waals surface area contributed by atoms with Crippen LogP contribution >= 0.6 is 23.5 Å². The van der Waals surface area contributed by atoms with Crippen molar-refractivity contribution in [2.45, 2.75) is 23.3 Å². The van der Waals surface area contributed by atoms with Gasteiger partial charge in [0.25, 0.3) is 0 Å². The lowest BCUT2D eigenvalue weighted by Gasteiger charge is -2.36. The fourth-order valence-electron chi connectivity index (χ4n) is 2.76. The van der Waals surface area contributed by atoms with Crippen LogP contribution in [0.4, 0.5) is 0 Å². The maximum atomic E-state index is 11.7. The van der Waals surface area contributed by atoms with Crippen LogP contribution in [0.25, 0.3) is 0 Å². The van der Waals surface area contributed by atoms with Crippen molar-refractivity contribution in [2.24, 2.45) is 11.8 Å². The molecule has 0 aromatic carbocycles. The van der Waals surface area contributed by atoms with Crippen LogP contribution in [-0.2, 0) is 4.79 Å². The second kappa shape index (κ2) is 3.31. The lowest BCUT2D eigenvalue weighted by molar-refractivity contribution is -0.121. The second-order valence-corrected chi connectivity index (χ2v) is 7.43. The molecule has 0 radical (unpaired) electrons. The minimum Gasteiger partial charge on any atom is -0.299 e. The Morgan fingerprint density at radius 1 is 1.29 bits per heavy atom. The van der Waals surface area contributed by atoms with Gasteiger partial charge in [0.15, 0.2) is 0 Å². The van der Waals surface area contributed by atoms with Crippen LogP contribution in [0.2, 0.25) is 0 Å². The van der Waals surface area contributed by atoms with Gasteiger partial charge in [-0.15, -0.1) is 23.5 Å². The van der Waals surface area contributed by atoms with Crippen LogP contribution in [-0.4, -0.2) is 21.4 Å². The molecule has 1 saturated carbocycles. The Hall–Kier alpha value is 0.110. The largest absolute Gasteiger partial charge is 0.299 e. The van der Waals surface area contributed by atoms with Crippen molar-refractivity contribution in [1.29, 1.82) is 0 Å². The van der Waals surface area contributed by atoms with Crippen molar-refractivity contribution >= 4 is 29.3 Å². The molecule has 3 aliphatic carbocycles. The maximum absolute atomic E-state index is 11.7. The van der Waals surface area contributed by atoms with E-state index in [0.29, 0.717) is 15.8 Å². The molecule has 2 fully saturated rings. The summed E-state index contributed by atoms with van der Waals surface area (Å²) in [6, 6.07) is 0. The zero-order chi connectivity index (χ0) is 9.60. The molecule has 3 heteroatoms. The summed E-state index contributed by atoms with van der Waals surface area (Å²) in [4.78, 5) is 11.7. The predicted molar refractivity (Wildman–Crippen MR) is 62.6 cm³/mol. The van der Waals surface area contributed by atoms with Crippen LogP contribution in [0, 0.1) is 11.8 Å². The normalized spacial score (nSPS) is 39.3. The van der Waals surface area contributed by atoms with Gasteiger partial charge in [0.1, 0.15) is 5.78 Å². The van der Waals surface area contributed by atoms with E-state index in [0.717, 1.165) is 19.3 Å². The van der Waals surface area contributed by atoms with E-state index in [2.05, 4.69) is 35.7 Å². The number of hydrogen-bond donors (Lipinski definition) is 0. The number of thioether (sulfide) groups is 2. The maximum Gasteiger partial charge on any atom is 0.139 e. The highest BCUT2D eigenvalue weighted by molar-refractivity contribution is 8.21. The Morgan fingerprint density at radius 2 is 2.07 bits per heavy atom. The van der Waals surface area contributed by atoms with Crippen LogP contribution in [0.15, 0.2) is 12.2 Å². The van der Waals surface area contributed by atoms with E-state index < -0.39 is 0 Å². The summed E-state index contributed by atoms with van der Waals surface area (Å²) in [5.41, 5.74) is 0. The SMILES string of the molecule is O=C1CC[C@H]2C=C[C@@H]1CC21SCCS1. The summed E-state index contributed by atoms with van der Waals surface area (Å²) >= 11 is 4.21. The minimum atomic E-state index is 0.242. The Labute approximate surface area is 93.1 Å². The molecule has 1 spiro atoms. The lowest BCUT2D eigenvalue weighted by atomic mass is 9.89. The zero-order valence-electron chi connectivity index (χ0n) is 8.07. The number of allylic oxidation sites excluding steroid dienone is 2. The van der Waals surface area contributed by atoms with Gasteiger partial charge in [0.05, 0.1) is 4.08 Å². The van der Waals surface area contributed by atoms with Crippen molar-refractivity contribution in [1.82, 2.24) is 0 Å². The van der Waals surface area contributed by atoms with Gasteiger partial charge in [-0.25, -0.2) is 0 Å². The molecule has 4 rings (SSSR count). The molecule has 1 nitrogen and oxygen atoms in total. The molecule has 2 bridgehead atoms. The van der Waals surface area contributed by atoms with E-state index >= 15 is 0 Å². The predicted octanol–water partition coefficient (Wildman–Crippen LogP) is 2.72. The molecular weight excluding hydrogens is 212 g/mol. The third-order valence-corrected chi connectivity index (χ3v) is 7.23. The topological polar surface area (TPSA) is 17.1 Å². The number of hydrogen-bond acceptors (Lipinski definition) is 3. The highest BCUT2D eigenvalue weighted by Gasteiger charge is 2.48. The summed E-state index contributed by atoms with van der Waals surface area (Å²) in [5, 5.41) is 0. The van der Waals surface area contributed by atoms with E-state index in [1.54, 1.807) is 0 Å². The van der Waals surface area contributed by atoms with Gasteiger partial charge < -0.3 is 0 Å². The average Bonchev–Trinajstić information content (AvgIpc) is 2.52. The first kappa shape index (κ1) is 9.34. The van der Waals surface area contributed by atoms with Crippen LogP contribution < -0.4 is 0 Å². The van der Waals surface area contributed by atoms with Gasteiger partial charge in [-0.1, -0.05) is 12.2 Å². The third-order valence-electron chi connectivity index (χ3n) is 3.54. The van der Waals surface area contributed by atoms with E-state index in [9.17, 15) is 4.79 Å². The van der Waals surface area contributed by atoms with Crippen LogP contribution in [0.5, 0.6) is 0 Å². The van der Waals surface area contributed by atoms with Gasteiger partial charge in [-0.2, -0.15) is 0 Å². The molecule has 0 aromatic rings. The summed E-state index contributed by atoms with van der Waals surface area (Å²) in [6.07, 6.45) is 7.49. The molecule has 0 N–H and O–H groups in total. The van der Waals surface area contributed by atoms with Crippen LogP contribution in [0.3, 0.4) is 0 Å². The van der Waals surface area contributed by atoms with E-state index in [4.69, 9.17) is 0 Å². The standard InChI is InChI=1S/C11H14OS2/c12-10-4-3-9-2-1-8(10)7-11(9)13-5-6-14-11/h1-2,8-9H,3-7H2/t8-,9-/m1/s1. The van der Waals surface area contributed by atoms with Gasteiger partial charge in [-0.3, -0.25) is 4.79 Å². The molecule has 0 unspecified atom stereocenters. The fourth-order valence-corrected chi connectivity index (χ4v) is 6.37.